The highest BCUT2D eigenvalue weighted by Crippen LogP contribution is 2.57. The Hall–Kier alpha value is -2.65. The lowest BCUT2D eigenvalue weighted by Gasteiger charge is -2.39. The summed E-state index contributed by atoms with van der Waals surface area (Å²) < 4.78 is 34.9. The van der Waals surface area contributed by atoms with Crippen LogP contribution >= 0.6 is 15.9 Å². The van der Waals surface area contributed by atoms with E-state index in [1.54, 1.807) is 13.2 Å². The van der Waals surface area contributed by atoms with Crippen LogP contribution in [0.1, 0.15) is 39.2 Å². The van der Waals surface area contributed by atoms with Crippen molar-refractivity contribution in [1.29, 1.82) is 0 Å². The molecule has 0 radical (unpaired) electrons. The molecular weight excluding hydrogens is 470 g/mol. The van der Waals surface area contributed by atoms with Gasteiger partial charge in [-0.05, 0) is 41.0 Å². The monoisotopic (exact) mass is 491 g/mol. The van der Waals surface area contributed by atoms with Gasteiger partial charge in [-0.3, -0.25) is 4.90 Å². The Labute approximate surface area is 188 Å². The summed E-state index contributed by atoms with van der Waals surface area (Å²) >= 11 is 3.70. The van der Waals surface area contributed by atoms with Crippen molar-refractivity contribution in [1.82, 2.24) is 4.90 Å². The van der Waals surface area contributed by atoms with Crippen molar-refractivity contribution >= 4 is 21.9 Å². The van der Waals surface area contributed by atoms with Gasteiger partial charge in [0.25, 0.3) is 0 Å². The summed E-state index contributed by atoms with van der Waals surface area (Å²) in [7, 11) is 6.68. The van der Waals surface area contributed by atoms with E-state index in [0.29, 0.717) is 34.3 Å². The average molecular weight is 492 g/mol. The fourth-order valence-electron chi connectivity index (χ4n) is 4.78. The summed E-state index contributed by atoms with van der Waals surface area (Å²) in [5.41, 5.74) is 3.14. The minimum Gasteiger partial charge on any atom is -0.493 e. The first-order valence-electron chi connectivity index (χ1n) is 9.85. The molecular formula is C22H22BrNO7. The number of ether oxygens (including phenoxy) is 6. The summed E-state index contributed by atoms with van der Waals surface area (Å²) in [6.07, 6.45) is 0.238. The van der Waals surface area contributed by atoms with Gasteiger partial charge in [-0.25, -0.2) is 4.79 Å². The highest BCUT2D eigenvalue weighted by molar-refractivity contribution is 9.10. The largest absolute Gasteiger partial charge is 0.493 e. The Kier molecular flexibility index (Phi) is 4.90. The van der Waals surface area contributed by atoms with Crippen molar-refractivity contribution in [3.63, 3.8) is 0 Å². The lowest BCUT2D eigenvalue weighted by molar-refractivity contribution is 0.00869. The van der Waals surface area contributed by atoms with Gasteiger partial charge in [-0.15, -0.1) is 0 Å². The van der Waals surface area contributed by atoms with Crippen molar-refractivity contribution in [3.8, 4) is 28.7 Å². The van der Waals surface area contributed by atoms with Crippen molar-refractivity contribution in [2.24, 2.45) is 0 Å². The van der Waals surface area contributed by atoms with Gasteiger partial charge < -0.3 is 28.4 Å². The third-order valence-corrected chi connectivity index (χ3v) is 6.99. The Morgan fingerprint density at radius 3 is 2.52 bits per heavy atom. The molecule has 0 unspecified atom stereocenters. The molecule has 5 rings (SSSR count). The summed E-state index contributed by atoms with van der Waals surface area (Å²) in [6.45, 7) is 0.904. The fraction of sp³-hybridized carbons (Fsp3) is 0.409. The number of rotatable bonds is 4. The topological polar surface area (TPSA) is 75.7 Å². The van der Waals surface area contributed by atoms with E-state index in [1.165, 1.54) is 14.2 Å². The van der Waals surface area contributed by atoms with Gasteiger partial charge in [-0.2, -0.15) is 0 Å². The standard InChI is InChI=1S/C22H22BrNO7/c1-24-8-7-10-13(19(28-4)21-20(15(10)23)29-9-30-21)16(24)17-11-5-6-12(26-2)18(27-3)14(11)22(25)31-17/h5-6,16-17H,7-9H2,1-4H3/t16-,17+/m0/s1. The third kappa shape index (κ3) is 2.79. The van der Waals surface area contributed by atoms with Crippen LogP contribution in [-0.4, -0.2) is 52.6 Å². The van der Waals surface area contributed by atoms with Gasteiger partial charge in [-0.1, -0.05) is 6.07 Å². The summed E-state index contributed by atoms with van der Waals surface area (Å²) in [5, 5.41) is 0. The van der Waals surface area contributed by atoms with Crippen molar-refractivity contribution in [3.05, 3.63) is 38.9 Å². The molecule has 3 heterocycles. The number of carbonyl (C=O) groups is 1. The van der Waals surface area contributed by atoms with Crippen molar-refractivity contribution in [2.45, 2.75) is 18.6 Å². The molecule has 31 heavy (non-hydrogen) atoms. The van der Waals surface area contributed by atoms with Gasteiger partial charge in [0.05, 0.1) is 31.8 Å². The number of cyclic esters (lactones) is 1. The van der Waals surface area contributed by atoms with Gasteiger partial charge >= 0.3 is 5.97 Å². The minimum atomic E-state index is -0.549. The maximum absolute atomic E-state index is 12.9. The Morgan fingerprint density at radius 2 is 1.81 bits per heavy atom. The summed E-state index contributed by atoms with van der Waals surface area (Å²) in [6, 6.07) is 3.37. The van der Waals surface area contributed by atoms with E-state index in [2.05, 4.69) is 20.8 Å². The number of halogens is 1. The molecule has 0 aromatic heterocycles. The molecule has 0 amide bonds. The number of hydrogen-bond acceptors (Lipinski definition) is 8. The zero-order chi connectivity index (χ0) is 21.9. The van der Waals surface area contributed by atoms with Gasteiger partial charge in [0, 0.05) is 17.7 Å². The maximum atomic E-state index is 12.9. The lowest BCUT2D eigenvalue weighted by atomic mass is 9.85. The number of benzene rings is 2. The molecule has 2 aromatic carbocycles. The molecule has 9 heteroatoms. The molecule has 2 atom stereocenters. The molecule has 3 aliphatic rings. The number of nitrogens with zero attached hydrogens (tertiary/aromatic N) is 1. The fourth-order valence-corrected chi connectivity index (χ4v) is 5.48. The van der Waals surface area contributed by atoms with E-state index < -0.39 is 12.1 Å². The van der Waals surface area contributed by atoms with Crippen molar-refractivity contribution < 1.29 is 33.2 Å². The smallest absolute Gasteiger partial charge is 0.343 e. The molecule has 0 saturated heterocycles. The molecule has 0 bridgehead atoms. The lowest BCUT2D eigenvalue weighted by Crippen LogP contribution is -2.36. The van der Waals surface area contributed by atoms with Crippen LogP contribution in [0.15, 0.2) is 16.6 Å². The van der Waals surface area contributed by atoms with Crippen LogP contribution in [0.2, 0.25) is 0 Å². The molecule has 0 saturated carbocycles. The normalized spacial score (nSPS) is 21.4. The number of esters is 1. The average Bonchev–Trinajstić information content (AvgIpc) is 3.39. The van der Waals surface area contributed by atoms with Crippen molar-refractivity contribution in [2.75, 3.05) is 41.7 Å². The number of carbonyl (C=O) groups excluding carboxylic acids is 1. The van der Waals surface area contributed by atoms with E-state index in [0.717, 1.165) is 34.1 Å². The van der Waals surface area contributed by atoms with Crippen LogP contribution in [0.25, 0.3) is 0 Å². The van der Waals surface area contributed by atoms with Crippen LogP contribution in [-0.2, 0) is 11.2 Å². The molecule has 0 spiro atoms. The second kappa shape index (κ2) is 7.49. The first-order chi connectivity index (χ1) is 15.0. The third-order valence-electron chi connectivity index (χ3n) is 6.15. The van der Waals surface area contributed by atoms with Crippen LogP contribution in [0.3, 0.4) is 0 Å². The molecule has 2 aromatic rings. The zero-order valence-corrected chi connectivity index (χ0v) is 19.2. The second-order valence-electron chi connectivity index (χ2n) is 7.57. The molecule has 3 aliphatic heterocycles. The highest BCUT2D eigenvalue weighted by atomic mass is 79.9. The second-order valence-corrected chi connectivity index (χ2v) is 8.36. The van der Waals surface area contributed by atoms with Crippen LogP contribution < -0.4 is 23.7 Å². The molecule has 0 N–H and O–H groups in total. The predicted octanol–water partition coefficient (Wildman–Crippen LogP) is 3.64. The number of hydrogen-bond donors (Lipinski definition) is 0. The summed E-state index contributed by atoms with van der Waals surface area (Å²) in [5.74, 6) is 2.24. The number of likely N-dealkylation sites (N-methyl/N-ethyl adjacent to an activating group) is 1. The van der Waals surface area contributed by atoms with E-state index in [1.807, 2.05) is 13.1 Å². The van der Waals surface area contributed by atoms with Gasteiger partial charge in [0.1, 0.15) is 11.7 Å². The SMILES string of the molecule is COc1ccc2c(c1OC)C(=O)O[C@H]2[C@@H]1c2c(c(Br)c3c(c2OC)OCO3)CCN1C. The maximum Gasteiger partial charge on any atom is 0.343 e. The first-order valence-corrected chi connectivity index (χ1v) is 10.6. The van der Waals surface area contributed by atoms with Crippen LogP contribution in [0, 0.1) is 0 Å². The number of fused-ring (bicyclic) bond motifs is 3. The molecule has 8 nitrogen and oxygen atoms in total. The Balaban J connectivity index is 1.72. The van der Waals surface area contributed by atoms with E-state index in [-0.39, 0.29) is 12.8 Å². The Bertz CT molecular complexity index is 1090. The zero-order valence-electron chi connectivity index (χ0n) is 17.6. The molecule has 164 valence electrons. The Morgan fingerprint density at radius 1 is 1.06 bits per heavy atom. The minimum absolute atomic E-state index is 0.131. The quantitative estimate of drug-likeness (QED) is 0.600. The van der Waals surface area contributed by atoms with E-state index >= 15 is 0 Å². The van der Waals surface area contributed by atoms with Gasteiger partial charge in [0.2, 0.25) is 12.5 Å². The molecule has 0 fully saturated rings. The van der Waals surface area contributed by atoms with Gasteiger partial charge in [0.15, 0.2) is 23.0 Å². The van der Waals surface area contributed by atoms with E-state index in [9.17, 15) is 4.79 Å². The van der Waals surface area contributed by atoms with Crippen LogP contribution in [0.5, 0.6) is 28.7 Å². The summed E-state index contributed by atoms with van der Waals surface area (Å²) in [4.78, 5) is 15.1. The van der Waals surface area contributed by atoms with E-state index in [4.69, 9.17) is 28.4 Å². The predicted molar refractivity (Wildman–Crippen MR) is 114 cm³/mol. The number of methoxy groups -OCH3 is 3. The van der Waals surface area contributed by atoms with Crippen LogP contribution in [0.4, 0.5) is 0 Å². The molecule has 0 aliphatic carbocycles. The highest BCUT2D eigenvalue weighted by Gasteiger charge is 2.47. The first kappa shape index (κ1) is 20.3.